The molecule has 0 spiro atoms. The monoisotopic (exact) mass is 470 g/mol. The Labute approximate surface area is 201 Å². The van der Waals surface area contributed by atoms with E-state index in [1.165, 1.54) is 6.07 Å². The van der Waals surface area contributed by atoms with Crippen LogP contribution in [0.4, 0.5) is 4.39 Å². The molecule has 4 heterocycles. The van der Waals surface area contributed by atoms with Crippen molar-refractivity contribution < 1.29 is 13.7 Å². The van der Waals surface area contributed by atoms with E-state index in [1.54, 1.807) is 30.3 Å². The number of ether oxygens (including phenoxy) is 1. The molecular weight excluding hydrogens is 447 g/mol. The SMILES string of the molecule is COc1ccc2c(c1)-c1nn(Cc3ccccc3F)cc1Cc1c(-c3nc(C(C)C)no3)ncn1-2. The Morgan fingerprint density at radius 1 is 1.14 bits per heavy atom. The van der Waals surface area contributed by atoms with Crippen molar-refractivity contribution in [2.75, 3.05) is 7.11 Å². The summed E-state index contributed by atoms with van der Waals surface area (Å²) in [5.74, 6) is 1.64. The highest BCUT2D eigenvalue weighted by atomic mass is 19.1. The van der Waals surface area contributed by atoms with E-state index in [9.17, 15) is 4.39 Å². The maximum absolute atomic E-state index is 14.3. The van der Waals surface area contributed by atoms with Gasteiger partial charge in [-0.1, -0.05) is 37.2 Å². The molecule has 35 heavy (non-hydrogen) atoms. The van der Waals surface area contributed by atoms with Crippen molar-refractivity contribution in [1.82, 2.24) is 29.5 Å². The van der Waals surface area contributed by atoms with Gasteiger partial charge in [-0.3, -0.25) is 4.68 Å². The van der Waals surface area contributed by atoms with Crippen molar-refractivity contribution in [2.24, 2.45) is 0 Å². The molecule has 3 aromatic heterocycles. The molecule has 1 aliphatic rings. The van der Waals surface area contributed by atoms with Crippen molar-refractivity contribution in [3.63, 3.8) is 0 Å². The zero-order valence-electron chi connectivity index (χ0n) is 19.6. The molecule has 5 aromatic rings. The molecule has 0 saturated carbocycles. The predicted octanol–water partition coefficient (Wildman–Crippen LogP) is 5.01. The minimum atomic E-state index is -0.252. The van der Waals surface area contributed by atoms with Crippen LogP contribution in [0, 0.1) is 5.82 Å². The van der Waals surface area contributed by atoms with Crippen molar-refractivity contribution in [3.05, 3.63) is 83.5 Å². The summed E-state index contributed by atoms with van der Waals surface area (Å²) in [5.41, 5.74) is 5.76. The van der Waals surface area contributed by atoms with Crippen LogP contribution in [-0.2, 0) is 13.0 Å². The lowest BCUT2D eigenvalue weighted by molar-refractivity contribution is 0.415. The molecule has 0 aliphatic carbocycles. The van der Waals surface area contributed by atoms with Gasteiger partial charge in [-0.15, -0.1) is 0 Å². The summed E-state index contributed by atoms with van der Waals surface area (Å²) in [6.07, 6.45) is 4.28. The van der Waals surface area contributed by atoms with E-state index in [-0.39, 0.29) is 11.7 Å². The molecule has 8 nitrogen and oxygen atoms in total. The average molecular weight is 471 g/mol. The summed E-state index contributed by atoms with van der Waals surface area (Å²) in [5, 5.41) is 8.98. The van der Waals surface area contributed by atoms with Gasteiger partial charge < -0.3 is 13.8 Å². The molecule has 0 saturated heterocycles. The van der Waals surface area contributed by atoms with Crippen molar-refractivity contribution >= 4 is 0 Å². The third-order valence-electron chi connectivity index (χ3n) is 6.23. The van der Waals surface area contributed by atoms with E-state index in [2.05, 4.69) is 15.1 Å². The summed E-state index contributed by atoms with van der Waals surface area (Å²) < 4.78 is 29.2. The maximum atomic E-state index is 14.3. The average Bonchev–Trinajstić information content (AvgIpc) is 3.58. The highest BCUT2D eigenvalue weighted by Gasteiger charge is 2.28. The largest absolute Gasteiger partial charge is 0.497 e. The van der Waals surface area contributed by atoms with Gasteiger partial charge in [-0.25, -0.2) is 9.37 Å². The number of hydrogen-bond donors (Lipinski definition) is 0. The summed E-state index contributed by atoms with van der Waals surface area (Å²) in [7, 11) is 1.64. The third-order valence-corrected chi connectivity index (χ3v) is 6.23. The first-order chi connectivity index (χ1) is 17.0. The minimum absolute atomic E-state index is 0.144. The van der Waals surface area contributed by atoms with E-state index in [0.717, 1.165) is 34.0 Å². The number of methoxy groups -OCH3 is 1. The quantitative estimate of drug-likeness (QED) is 0.352. The summed E-state index contributed by atoms with van der Waals surface area (Å²) in [6, 6.07) is 12.6. The second-order valence-corrected chi connectivity index (χ2v) is 8.87. The van der Waals surface area contributed by atoms with Gasteiger partial charge in [0.1, 0.15) is 17.9 Å². The molecule has 9 heteroatoms. The minimum Gasteiger partial charge on any atom is -0.497 e. The Balaban J connectivity index is 1.50. The van der Waals surface area contributed by atoms with Gasteiger partial charge in [0.15, 0.2) is 11.5 Å². The number of nitrogens with zero attached hydrogens (tertiary/aromatic N) is 6. The van der Waals surface area contributed by atoms with Crippen molar-refractivity contribution in [1.29, 1.82) is 0 Å². The summed E-state index contributed by atoms with van der Waals surface area (Å²) >= 11 is 0. The Hall–Kier alpha value is -4.27. The first-order valence-electron chi connectivity index (χ1n) is 11.4. The predicted molar refractivity (Wildman–Crippen MR) is 127 cm³/mol. The molecule has 6 rings (SSSR count). The van der Waals surface area contributed by atoms with Crippen LogP contribution in [0.15, 0.2) is 59.5 Å². The lowest BCUT2D eigenvalue weighted by Crippen LogP contribution is -2.04. The van der Waals surface area contributed by atoms with Crippen LogP contribution in [0.3, 0.4) is 0 Å². The topological polar surface area (TPSA) is 83.8 Å². The molecule has 0 radical (unpaired) electrons. The highest BCUT2D eigenvalue weighted by molar-refractivity contribution is 5.77. The molecule has 0 unspecified atom stereocenters. The fourth-order valence-corrected chi connectivity index (χ4v) is 4.42. The Morgan fingerprint density at radius 2 is 2.00 bits per heavy atom. The van der Waals surface area contributed by atoms with Gasteiger partial charge in [0, 0.05) is 35.2 Å². The second-order valence-electron chi connectivity index (χ2n) is 8.87. The third kappa shape index (κ3) is 3.60. The van der Waals surface area contributed by atoms with Gasteiger partial charge >= 0.3 is 0 Å². The van der Waals surface area contributed by atoms with Gasteiger partial charge in [-0.2, -0.15) is 10.1 Å². The van der Waals surface area contributed by atoms with Gasteiger partial charge in [0.05, 0.1) is 30.7 Å². The zero-order chi connectivity index (χ0) is 24.1. The van der Waals surface area contributed by atoms with Crippen LogP contribution < -0.4 is 4.74 Å². The molecule has 176 valence electrons. The van der Waals surface area contributed by atoms with Crippen LogP contribution in [0.2, 0.25) is 0 Å². The number of aromatic nitrogens is 6. The van der Waals surface area contributed by atoms with Gasteiger partial charge in [0.2, 0.25) is 0 Å². The molecule has 1 aliphatic heterocycles. The van der Waals surface area contributed by atoms with Crippen LogP contribution in [-0.4, -0.2) is 36.6 Å². The van der Waals surface area contributed by atoms with Crippen LogP contribution >= 0.6 is 0 Å². The first-order valence-corrected chi connectivity index (χ1v) is 11.4. The van der Waals surface area contributed by atoms with Crippen LogP contribution in [0.5, 0.6) is 5.75 Å². The fraction of sp³-hybridized carbons (Fsp3) is 0.231. The normalized spacial score (nSPS) is 12.3. The molecule has 0 atom stereocenters. The lowest BCUT2D eigenvalue weighted by Gasteiger charge is -2.11. The van der Waals surface area contributed by atoms with Crippen LogP contribution in [0.25, 0.3) is 28.5 Å². The van der Waals surface area contributed by atoms with E-state index < -0.39 is 0 Å². The number of imidazole rings is 1. The van der Waals surface area contributed by atoms with Crippen molar-refractivity contribution in [3.8, 4) is 34.3 Å². The Bertz CT molecular complexity index is 1550. The maximum Gasteiger partial charge on any atom is 0.278 e. The number of benzene rings is 2. The van der Waals surface area contributed by atoms with Gasteiger partial charge in [-0.05, 0) is 24.3 Å². The number of halogens is 1. The molecule has 0 fully saturated rings. The highest BCUT2D eigenvalue weighted by Crippen LogP contribution is 2.39. The van der Waals surface area contributed by atoms with E-state index in [4.69, 9.17) is 14.4 Å². The molecule has 0 amide bonds. The zero-order valence-corrected chi connectivity index (χ0v) is 19.6. The number of hydrogen-bond acceptors (Lipinski definition) is 6. The van der Waals surface area contributed by atoms with E-state index in [1.807, 2.05) is 48.9 Å². The standard InChI is InChI=1S/C26H23FN6O2/c1-15(2)25-29-26(35-31-25)24-22-10-17-13-32(12-16-6-4-5-7-20(16)27)30-23(17)19-11-18(34-3)8-9-21(19)33(22)14-28-24/h4-9,11,13-15H,10,12H2,1-3H3. The fourth-order valence-electron chi connectivity index (χ4n) is 4.42. The van der Waals surface area contributed by atoms with Crippen molar-refractivity contribution in [2.45, 2.75) is 32.7 Å². The molecule has 0 N–H and O–H groups in total. The molecule has 0 bridgehead atoms. The second kappa shape index (κ2) is 8.19. The van der Waals surface area contributed by atoms with Crippen LogP contribution in [0.1, 0.15) is 42.4 Å². The number of rotatable bonds is 5. The Kier molecular flexibility index (Phi) is 4.98. The summed E-state index contributed by atoms with van der Waals surface area (Å²) in [4.78, 5) is 9.21. The first kappa shape index (κ1) is 21.3. The lowest BCUT2D eigenvalue weighted by atomic mass is 10.0. The van der Waals surface area contributed by atoms with E-state index >= 15 is 0 Å². The smallest absolute Gasteiger partial charge is 0.278 e. The van der Waals surface area contributed by atoms with Gasteiger partial charge in [0.25, 0.3) is 5.89 Å². The van der Waals surface area contributed by atoms with E-state index in [0.29, 0.717) is 35.9 Å². The molecular formula is C26H23FN6O2. The summed E-state index contributed by atoms with van der Waals surface area (Å²) in [6.45, 7) is 4.36. The Morgan fingerprint density at radius 3 is 2.77 bits per heavy atom. The number of fused-ring (bicyclic) bond motifs is 5. The molecule has 2 aromatic carbocycles.